The third kappa shape index (κ3) is 4.96. The largest absolute Gasteiger partial charge is 0.373 e. The molecule has 9 nitrogen and oxygen atoms in total. The van der Waals surface area contributed by atoms with E-state index in [0.717, 1.165) is 43.1 Å². The molecule has 0 spiro atoms. The van der Waals surface area contributed by atoms with E-state index < -0.39 is 15.9 Å². The molecule has 0 bridgehead atoms. The first-order chi connectivity index (χ1) is 15.7. The molecule has 2 aliphatic rings. The van der Waals surface area contributed by atoms with Crippen molar-refractivity contribution in [3.05, 3.63) is 29.6 Å². The quantitative estimate of drug-likeness (QED) is 0.659. The zero-order chi connectivity index (χ0) is 23.8. The van der Waals surface area contributed by atoms with E-state index in [1.165, 1.54) is 23.7 Å². The molecule has 0 aliphatic carbocycles. The Labute approximate surface area is 198 Å². The summed E-state index contributed by atoms with van der Waals surface area (Å²) in [5, 5.41) is 13.6. The summed E-state index contributed by atoms with van der Waals surface area (Å²) in [5.41, 5.74) is 0.701. The van der Waals surface area contributed by atoms with Crippen LogP contribution in [-0.4, -0.2) is 66.6 Å². The van der Waals surface area contributed by atoms with E-state index in [0.29, 0.717) is 24.6 Å². The van der Waals surface area contributed by atoms with Crippen molar-refractivity contribution in [1.82, 2.24) is 14.3 Å². The molecule has 2 fully saturated rings. The molecule has 11 heteroatoms. The van der Waals surface area contributed by atoms with Gasteiger partial charge in [-0.25, -0.2) is 13.4 Å². The Morgan fingerprint density at radius 2 is 1.94 bits per heavy atom. The highest BCUT2D eigenvalue weighted by atomic mass is 32.2. The lowest BCUT2D eigenvalue weighted by atomic mass is 10.0. The maximum absolute atomic E-state index is 13.1. The van der Waals surface area contributed by atoms with Crippen LogP contribution in [0.3, 0.4) is 0 Å². The smallest absolute Gasteiger partial charge is 0.245 e. The fraction of sp³-hybridized carbons (Fsp3) is 0.545. The van der Waals surface area contributed by atoms with Crippen LogP contribution < -0.4 is 10.2 Å². The van der Waals surface area contributed by atoms with Crippen LogP contribution in [-0.2, 0) is 14.6 Å². The Morgan fingerprint density at radius 3 is 2.55 bits per heavy atom. The molecule has 1 unspecified atom stereocenters. The molecular formula is C22H28N6O3S2. The summed E-state index contributed by atoms with van der Waals surface area (Å²) in [6, 6.07) is 6.17. The number of amides is 1. The van der Waals surface area contributed by atoms with Crippen molar-refractivity contribution in [2.75, 3.05) is 36.1 Å². The van der Waals surface area contributed by atoms with Gasteiger partial charge in [0.25, 0.3) is 0 Å². The molecule has 2 aromatic rings. The van der Waals surface area contributed by atoms with Crippen LogP contribution in [0.1, 0.15) is 50.4 Å². The third-order valence-corrected chi connectivity index (χ3v) is 8.13. The van der Waals surface area contributed by atoms with E-state index in [4.69, 9.17) is 0 Å². The lowest BCUT2D eigenvalue weighted by Gasteiger charge is -2.36. The molecule has 1 atom stereocenters. The molecule has 2 aliphatic heterocycles. The minimum Gasteiger partial charge on any atom is -0.373 e. The number of benzene rings is 1. The molecule has 1 aromatic carbocycles. The number of hydrogen-bond donors (Lipinski definition) is 1. The van der Waals surface area contributed by atoms with E-state index in [9.17, 15) is 18.5 Å². The number of likely N-dealkylation sites (tertiary alicyclic amines) is 1. The molecule has 3 heterocycles. The minimum absolute atomic E-state index is 0.0301. The Kier molecular flexibility index (Phi) is 6.59. The standard InChI is InChI=1S/C22H28N6O3S2/c1-14(2)20-25-22(32-26-20)27-9-6-16(7-10-27)28-11-8-19(21(28)29)24-18-5-4-17(33(3,30)31)12-15(18)13-23/h4-5,12,14,16,19,24H,6-11H2,1-3H3. The molecule has 0 saturated carbocycles. The predicted molar refractivity (Wildman–Crippen MR) is 127 cm³/mol. The van der Waals surface area contributed by atoms with E-state index in [2.05, 4.69) is 33.4 Å². The number of aromatic nitrogens is 2. The minimum atomic E-state index is -3.41. The van der Waals surface area contributed by atoms with Crippen LogP contribution in [0, 0.1) is 11.3 Å². The maximum Gasteiger partial charge on any atom is 0.245 e. The molecule has 2 saturated heterocycles. The molecule has 1 aromatic heterocycles. The van der Waals surface area contributed by atoms with E-state index >= 15 is 0 Å². The third-order valence-electron chi connectivity index (χ3n) is 6.23. The Bertz CT molecular complexity index is 1180. The van der Waals surface area contributed by atoms with Crippen molar-refractivity contribution in [3.63, 3.8) is 0 Å². The first-order valence-electron chi connectivity index (χ1n) is 11.1. The van der Waals surface area contributed by atoms with Gasteiger partial charge in [-0.05, 0) is 37.5 Å². The van der Waals surface area contributed by atoms with Gasteiger partial charge in [-0.3, -0.25) is 4.79 Å². The summed E-state index contributed by atoms with van der Waals surface area (Å²) < 4.78 is 28.0. The van der Waals surface area contributed by atoms with Crippen LogP contribution in [0.15, 0.2) is 23.1 Å². The topological polar surface area (TPSA) is 119 Å². The van der Waals surface area contributed by atoms with E-state index in [1.54, 1.807) is 6.07 Å². The van der Waals surface area contributed by atoms with Gasteiger partial charge in [0.05, 0.1) is 16.1 Å². The maximum atomic E-state index is 13.1. The first kappa shape index (κ1) is 23.4. The van der Waals surface area contributed by atoms with Crippen molar-refractivity contribution < 1.29 is 13.2 Å². The summed E-state index contributed by atoms with van der Waals surface area (Å²) in [6.07, 6.45) is 3.50. The molecule has 176 valence electrons. The van der Waals surface area contributed by atoms with Crippen LogP contribution in [0.2, 0.25) is 0 Å². The second-order valence-electron chi connectivity index (χ2n) is 8.92. The summed E-state index contributed by atoms with van der Waals surface area (Å²) in [7, 11) is -3.41. The highest BCUT2D eigenvalue weighted by Gasteiger charge is 2.37. The van der Waals surface area contributed by atoms with Crippen LogP contribution in [0.25, 0.3) is 0 Å². The number of rotatable bonds is 6. The van der Waals surface area contributed by atoms with Crippen molar-refractivity contribution >= 4 is 38.1 Å². The molecule has 1 N–H and O–H groups in total. The Balaban J connectivity index is 1.37. The van der Waals surface area contributed by atoms with Gasteiger partial charge in [0.15, 0.2) is 9.84 Å². The lowest BCUT2D eigenvalue weighted by Crippen LogP contribution is -2.47. The van der Waals surface area contributed by atoms with Crippen molar-refractivity contribution in [1.29, 1.82) is 5.26 Å². The summed E-state index contributed by atoms with van der Waals surface area (Å²) in [5.74, 6) is 1.22. The predicted octanol–water partition coefficient (Wildman–Crippen LogP) is 2.62. The number of sulfone groups is 1. The number of hydrogen-bond acceptors (Lipinski definition) is 9. The first-order valence-corrected chi connectivity index (χ1v) is 13.7. The molecular weight excluding hydrogens is 460 g/mol. The number of nitrogens with one attached hydrogen (secondary N) is 1. The molecule has 0 radical (unpaired) electrons. The van der Waals surface area contributed by atoms with Gasteiger partial charge in [-0.2, -0.15) is 9.64 Å². The highest BCUT2D eigenvalue weighted by Crippen LogP contribution is 2.29. The zero-order valence-electron chi connectivity index (χ0n) is 19.0. The lowest BCUT2D eigenvalue weighted by molar-refractivity contribution is -0.130. The second kappa shape index (κ2) is 9.27. The summed E-state index contributed by atoms with van der Waals surface area (Å²) in [4.78, 5) is 22.1. The monoisotopic (exact) mass is 488 g/mol. The fourth-order valence-electron chi connectivity index (χ4n) is 4.32. The Morgan fingerprint density at radius 1 is 1.21 bits per heavy atom. The van der Waals surface area contributed by atoms with Crippen LogP contribution in [0.4, 0.5) is 10.8 Å². The number of nitrogens with zero attached hydrogens (tertiary/aromatic N) is 5. The van der Waals surface area contributed by atoms with E-state index in [-0.39, 0.29) is 22.4 Å². The van der Waals surface area contributed by atoms with Gasteiger partial charge in [-0.15, -0.1) is 0 Å². The van der Waals surface area contributed by atoms with Gasteiger partial charge in [0.2, 0.25) is 11.0 Å². The number of carbonyl (C=O) groups is 1. The van der Waals surface area contributed by atoms with Gasteiger partial charge >= 0.3 is 0 Å². The van der Waals surface area contributed by atoms with Crippen LogP contribution >= 0.6 is 11.5 Å². The molecule has 4 rings (SSSR count). The van der Waals surface area contributed by atoms with Crippen molar-refractivity contribution in [2.45, 2.75) is 56.0 Å². The van der Waals surface area contributed by atoms with Crippen molar-refractivity contribution in [2.24, 2.45) is 0 Å². The van der Waals surface area contributed by atoms with Gasteiger partial charge in [0.1, 0.15) is 17.9 Å². The summed E-state index contributed by atoms with van der Waals surface area (Å²) in [6.45, 7) is 6.51. The molecule has 33 heavy (non-hydrogen) atoms. The number of anilines is 2. The van der Waals surface area contributed by atoms with E-state index in [1.807, 2.05) is 11.0 Å². The highest BCUT2D eigenvalue weighted by molar-refractivity contribution is 7.90. The number of nitriles is 1. The number of piperidine rings is 1. The zero-order valence-corrected chi connectivity index (χ0v) is 20.6. The average molecular weight is 489 g/mol. The van der Waals surface area contributed by atoms with Crippen molar-refractivity contribution in [3.8, 4) is 6.07 Å². The normalized spacial score (nSPS) is 19.8. The SMILES string of the molecule is CC(C)c1nsc(N2CCC(N3CCC(Nc4ccc(S(C)(=O)=O)cc4C#N)C3=O)CC2)n1. The van der Waals surface area contributed by atoms with Gasteiger partial charge in [0, 0.05) is 49.4 Å². The van der Waals surface area contributed by atoms with Crippen LogP contribution in [0.5, 0.6) is 0 Å². The summed E-state index contributed by atoms with van der Waals surface area (Å²) >= 11 is 1.44. The average Bonchev–Trinajstić information content (AvgIpc) is 3.41. The van der Waals surface area contributed by atoms with Gasteiger partial charge < -0.3 is 15.1 Å². The fourth-order valence-corrected chi connectivity index (χ4v) is 5.82. The second-order valence-corrected chi connectivity index (χ2v) is 11.7. The molecule has 1 amide bonds. The number of carbonyl (C=O) groups excluding carboxylic acids is 1. The Hall–Kier alpha value is -2.71. The van der Waals surface area contributed by atoms with Gasteiger partial charge in [-0.1, -0.05) is 13.8 Å².